The molecule has 0 spiro atoms. The summed E-state index contributed by atoms with van der Waals surface area (Å²) in [6.45, 7) is 2.88. The van der Waals surface area contributed by atoms with E-state index in [2.05, 4.69) is 34.6 Å². The fourth-order valence-corrected chi connectivity index (χ4v) is 3.12. The molecule has 4 aromatic rings. The van der Waals surface area contributed by atoms with Gasteiger partial charge in [0.15, 0.2) is 5.75 Å². The SMILES string of the molecule is Cc1c(O)c(=O)ccn1CCn1cc(-c2ccc(-c3ccccc3)cc2)nn1. The van der Waals surface area contributed by atoms with Crippen LogP contribution in [-0.2, 0) is 13.1 Å². The molecule has 4 rings (SSSR count). The van der Waals surface area contributed by atoms with Gasteiger partial charge in [0.25, 0.3) is 0 Å². The van der Waals surface area contributed by atoms with Gasteiger partial charge in [-0.3, -0.25) is 9.48 Å². The van der Waals surface area contributed by atoms with Crippen LogP contribution in [0.2, 0.25) is 0 Å². The predicted octanol–water partition coefficient (Wildman–Crippen LogP) is 3.49. The van der Waals surface area contributed by atoms with Crippen LogP contribution in [0.5, 0.6) is 5.75 Å². The fraction of sp³-hybridized carbons (Fsp3) is 0.136. The number of pyridine rings is 1. The van der Waals surface area contributed by atoms with Crippen molar-refractivity contribution in [3.8, 4) is 28.1 Å². The largest absolute Gasteiger partial charge is 0.503 e. The molecule has 0 amide bonds. The maximum atomic E-state index is 11.5. The van der Waals surface area contributed by atoms with Gasteiger partial charge in [0, 0.05) is 24.4 Å². The summed E-state index contributed by atoms with van der Waals surface area (Å²) in [5, 5.41) is 18.2. The van der Waals surface area contributed by atoms with Crippen LogP contribution in [0.25, 0.3) is 22.4 Å². The Hall–Kier alpha value is -3.67. The molecular formula is C22H20N4O2. The highest BCUT2D eigenvalue weighted by Crippen LogP contribution is 2.23. The molecule has 0 aliphatic rings. The lowest BCUT2D eigenvalue weighted by atomic mass is 10.0. The Labute approximate surface area is 162 Å². The molecular weight excluding hydrogens is 352 g/mol. The lowest BCUT2D eigenvalue weighted by Crippen LogP contribution is -2.14. The van der Waals surface area contributed by atoms with E-state index in [4.69, 9.17) is 0 Å². The minimum atomic E-state index is -0.365. The van der Waals surface area contributed by atoms with Crippen LogP contribution in [-0.4, -0.2) is 24.7 Å². The molecule has 0 fully saturated rings. The summed E-state index contributed by atoms with van der Waals surface area (Å²) in [4.78, 5) is 11.5. The lowest BCUT2D eigenvalue weighted by molar-refractivity contribution is 0.444. The van der Waals surface area contributed by atoms with Crippen molar-refractivity contribution < 1.29 is 5.11 Å². The monoisotopic (exact) mass is 372 g/mol. The minimum absolute atomic E-state index is 0.208. The molecule has 0 aliphatic heterocycles. The van der Waals surface area contributed by atoms with Gasteiger partial charge in [-0.05, 0) is 18.1 Å². The predicted molar refractivity (Wildman–Crippen MR) is 108 cm³/mol. The molecule has 0 unspecified atom stereocenters. The highest BCUT2D eigenvalue weighted by molar-refractivity contribution is 5.68. The molecule has 1 N–H and O–H groups in total. The molecule has 0 aliphatic carbocycles. The Kier molecular flexibility index (Phi) is 4.76. The number of rotatable bonds is 5. The lowest BCUT2D eigenvalue weighted by Gasteiger charge is -2.10. The molecule has 0 saturated carbocycles. The van der Waals surface area contributed by atoms with E-state index in [0.29, 0.717) is 18.8 Å². The summed E-state index contributed by atoms with van der Waals surface area (Å²) < 4.78 is 3.59. The average molecular weight is 372 g/mol. The van der Waals surface area contributed by atoms with Crippen molar-refractivity contribution in [1.82, 2.24) is 19.6 Å². The molecule has 2 aromatic heterocycles. The highest BCUT2D eigenvalue weighted by Gasteiger charge is 2.07. The molecule has 0 bridgehead atoms. The number of nitrogens with zero attached hydrogens (tertiary/aromatic N) is 4. The van der Waals surface area contributed by atoms with Crippen molar-refractivity contribution in [2.75, 3.05) is 0 Å². The molecule has 2 aromatic carbocycles. The van der Waals surface area contributed by atoms with Crippen molar-refractivity contribution in [2.45, 2.75) is 20.0 Å². The third-order valence-corrected chi connectivity index (χ3v) is 4.81. The first-order chi connectivity index (χ1) is 13.6. The smallest absolute Gasteiger partial charge is 0.223 e. The van der Waals surface area contributed by atoms with E-state index < -0.39 is 0 Å². The maximum absolute atomic E-state index is 11.5. The number of hydrogen-bond donors (Lipinski definition) is 1. The van der Waals surface area contributed by atoms with Gasteiger partial charge < -0.3 is 9.67 Å². The van der Waals surface area contributed by atoms with Crippen LogP contribution >= 0.6 is 0 Å². The van der Waals surface area contributed by atoms with Crippen molar-refractivity contribution in [1.29, 1.82) is 0 Å². The number of aryl methyl sites for hydroxylation is 2. The maximum Gasteiger partial charge on any atom is 0.223 e. The Bertz CT molecular complexity index is 1150. The first-order valence-corrected chi connectivity index (χ1v) is 9.07. The first kappa shape index (κ1) is 17.7. The van der Waals surface area contributed by atoms with Gasteiger partial charge in [0.1, 0.15) is 5.69 Å². The molecule has 0 radical (unpaired) electrons. The number of aromatic hydroxyl groups is 1. The normalized spacial score (nSPS) is 10.9. The van der Waals surface area contributed by atoms with Crippen molar-refractivity contribution in [2.24, 2.45) is 0 Å². The zero-order valence-electron chi connectivity index (χ0n) is 15.5. The van der Waals surface area contributed by atoms with Crippen LogP contribution in [0, 0.1) is 6.92 Å². The quantitative estimate of drug-likeness (QED) is 0.582. The van der Waals surface area contributed by atoms with Crippen molar-refractivity contribution >= 4 is 0 Å². The van der Waals surface area contributed by atoms with Crippen LogP contribution < -0.4 is 5.43 Å². The topological polar surface area (TPSA) is 72.9 Å². The van der Waals surface area contributed by atoms with E-state index in [9.17, 15) is 9.90 Å². The summed E-state index contributed by atoms with van der Waals surface area (Å²) >= 11 is 0. The molecule has 0 atom stereocenters. The third-order valence-electron chi connectivity index (χ3n) is 4.81. The number of benzene rings is 2. The van der Waals surface area contributed by atoms with Gasteiger partial charge in [-0.1, -0.05) is 59.8 Å². The van der Waals surface area contributed by atoms with Crippen LogP contribution in [0.1, 0.15) is 5.69 Å². The van der Waals surface area contributed by atoms with Gasteiger partial charge in [0.05, 0.1) is 18.4 Å². The Morgan fingerprint density at radius 1 is 0.893 bits per heavy atom. The fourth-order valence-electron chi connectivity index (χ4n) is 3.12. The van der Waals surface area contributed by atoms with Crippen molar-refractivity contribution in [3.05, 3.63) is 89.0 Å². The molecule has 0 saturated heterocycles. The molecule has 6 nitrogen and oxygen atoms in total. The standard InChI is InChI=1S/C22H20N4O2/c1-16-22(28)21(27)11-12-25(16)13-14-26-15-20(23-24-26)19-9-7-18(8-10-19)17-5-3-2-4-6-17/h2-12,15,28H,13-14H2,1H3. The Morgan fingerprint density at radius 3 is 2.32 bits per heavy atom. The van der Waals surface area contributed by atoms with Gasteiger partial charge in [-0.15, -0.1) is 5.10 Å². The Morgan fingerprint density at radius 2 is 1.57 bits per heavy atom. The molecule has 2 heterocycles. The molecule has 28 heavy (non-hydrogen) atoms. The second-order valence-corrected chi connectivity index (χ2v) is 6.62. The number of hydrogen-bond acceptors (Lipinski definition) is 4. The summed E-state index contributed by atoms with van der Waals surface area (Å²) in [5.41, 5.74) is 4.32. The summed E-state index contributed by atoms with van der Waals surface area (Å²) in [7, 11) is 0. The van der Waals surface area contributed by atoms with E-state index in [0.717, 1.165) is 16.8 Å². The van der Waals surface area contributed by atoms with Gasteiger partial charge in [-0.2, -0.15) is 0 Å². The second-order valence-electron chi connectivity index (χ2n) is 6.62. The highest BCUT2D eigenvalue weighted by atomic mass is 16.3. The van der Waals surface area contributed by atoms with E-state index in [1.54, 1.807) is 17.8 Å². The van der Waals surface area contributed by atoms with E-state index in [-0.39, 0.29) is 11.2 Å². The number of aromatic nitrogens is 4. The van der Waals surface area contributed by atoms with Gasteiger partial charge >= 0.3 is 0 Å². The van der Waals surface area contributed by atoms with E-state index in [1.165, 1.54) is 11.6 Å². The molecule has 6 heteroatoms. The van der Waals surface area contributed by atoms with Crippen LogP contribution in [0.15, 0.2) is 77.9 Å². The Balaban J connectivity index is 1.47. The minimum Gasteiger partial charge on any atom is -0.503 e. The van der Waals surface area contributed by atoms with Gasteiger partial charge in [0.2, 0.25) is 5.43 Å². The van der Waals surface area contributed by atoms with Crippen LogP contribution in [0.3, 0.4) is 0 Å². The summed E-state index contributed by atoms with van der Waals surface area (Å²) in [5.74, 6) is -0.208. The second kappa shape index (κ2) is 7.52. The van der Waals surface area contributed by atoms with E-state index >= 15 is 0 Å². The summed E-state index contributed by atoms with van der Waals surface area (Å²) in [6, 6.07) is 19.8. The van der Waals surface area contributed by atoms with E-state index in [1.807, 2.05) is 41.1 Å². The summed E-state index contributed by atoms with van der Waals surface area (Å²) in [6.07, 6.45) is 3.58. The first-order valence-electron chi connectivity index (χ1n) is 9.07. The third kappa shape index (κ3) is 3.57. The van der Waals surface area contributed by atoms with Crippen LogP contribution in [0.4, 0.5) is 0 Å². The molecule has 140 valence electrons. The van der Waals surface area contributed by atoms with Crippen molar-refractivity contribution in [3.63, 3.8) is 0 Å². The average Bonchev–Trinajstić information content (AvgIpc) is 3.21. The zero-order chi connectivity index (χ0) is 19.5. The zero-order valence-corrected chi connectivity index (χ0v) is 15.5. The van der Waals surface area contributed by atoms with Gasteiger partial charge in [-0.25, -0.2) is 0 Å².